The second-order valence-electron chi connectivity index (χ2n) is 4.56. The molecule has 15 heavy (non-hydrogen) atoms. The molecule has 0 saturated heterocycles. The van der Waals surface area contributed by atoms with E-state index in [0.29, 0.717) is 5.92 Å². The van der Waals surface area contributed by atoms with Gasteiger partial charge in [-0.25, -0.2) is 0 Å². The Kier molecular flexibility index (Phi) is 3.07. The summed E-state index contributed by atoms with van der Waals surface area (Å²) in [6.07, 6.45) is 6.43. The van der Waals surface area contributed by atoms with Crippen LogP contribution in [0.1, 0.15) is 38.3 Å². The van der Waals surface area contributed by atoms with Crippen LogP contribution in [0.25, 0.3) is 0 Å². The molecule has 3 N–H and O–H groups in total. The molecule has 1 heterocycles. The molecule has 4 heteroatoms. The third-order valence-electron chi connectivity index (χ3n) is 3.24. The Morgan fingerprint density at radius 1 is 1.73 bits per heavy atom. The maximum atomic E-state index is 5.60. The Morgan fingerprint density at radius 3 is 3.00 bits per heavy atom. The number of hydrogen-bond donors (Lipinski definition) is 2. The third kappa shape index (κ3) is 2.21. The highest BCUT2D eigenvalue weighted by atomic mass is 15.3. The molecule has 0 bridgehead atoms. The summed E-state index contributed by atoms with van der Waals surface area (Å²) < 4.78 is 1.99. The third-order valence-corrected chi connectivity index (χ3v) is 3.24. The van der Waals surface area contributed by atoms with Gasteiger partial charge in [0.15, 0.2) is 0 Å². The molecule has 1 fully saturated rings. The van der Waals surface area contributed by atoms with Crippen LogP contribution in [-0.2, 0) is 6.54 Å². The molecule has 0 amide bonds. The second-order valence-corrected chi connectivity index (χ2v) is 4.56. The van der Waals surface area contributed by atoms with Crippen molar-refractivity contribution < 1.29 is 0 Å². The van der Waals surface area contributed by atoms with E-state index in [1.807, 2.05) is 10.9 Å². The van der Waals surface area contributed by atoms with Gasteiger partial charge < -0.3 is 0 Å². The lowest BCUT2D eigenvalue weighted by atomic mass is 10.1. The van der Waals surface area contributed by atoms with Crippen molar-refractivity contribution in [3.05, 3.63) is 18.0 Å². The van der Waals surface area contributed by atoms with E-state index >= 15 is 0 Å². The van der Waals surface area contributed by atoms with Crippen LogP contribution >= 0.6 is 0 Å². The van der Waals surface area contributed by atoms with Gasteiger partial charge in [-0.3, -0.25) is 16.0 Å². The largest absolute Gasteiger partial charge is 0.272 e. The van der Waals surface area contributed by atoms with E-state index in [1.165, 1.54) is 12.0 Å². The second kappa shape index (κ2) is 4.33. The molecule has 0 radical (unpaired) electrons. The number of rotatable bonds is 5. The average Bonchev–Trinajstić information content (AvgIpc) is 2.76. The number of nitrogens with zero attached hydrogens (tertiary/aromatic N) is 2. The lowest BCUT2D eigenvalue weighted by Crippen LogP contribution is -2.29. The quantitative estimate of drug-likeness (QED) is 0.569. The molecule has 0 spiro atoms. The van der Waals surface area contributed by atoms with Crippen molar-refractivity contribution in [3.8, 4) is 0 Å². The van der Waals surface area contributed by atoms with E-state index in [2.05, 4.69) is 30.6 Å². The van der Waals surface area contributed by atoms with Crippen molar-refractivity contribution in [1.29, 1.82) is 0 Å². The van der Waals surface area contributed by atoms with Gasteiger partial charge in [-0.05, 0) is 24.7 Å². The highest BCUT2D eigenvalue weighted by Gasteiger charge is 2.40. The fourth-order valence-electron chi connectivity index (χ4n) is 2.17. The van der Waals surface area contributed by atoms with Crippen LogP contribution in [0, 0.1) is 11.8 Å². The summed E-state index contributed by atoms with van der Waals surface area (Å²) in [5, 5.41) is 4.33. The van der Waals surface area contributed by atoms with Crippen molar-refractivity contribution in [2.45, 2.75) is 39.3 Å². The molecule has 4 nitrogen and oxygen atoms in total. The van der Waals surface area contributed by atoms with Gasteiger partial charge in [-0.2, -0.15) is 5.10 Å². The van der Waals surface area contributed by atoms with Gasteiger partial charge in [-0.15, -0.1) is 0 Å². The molecule has 1 aromatic heterocycles. The smallest absolute Gasteiger partial charge is 0.0538 e. The normalized spacial score (nSPS) is 26.6. The lowest BCUT2D eigenvalue weighted by Gasteiger charge is -2.12. The minimum atomic E-state index is 0.283. The van der Waals surface area contributed by atoms with Gasteiger partial charge in [0.1, 0.15) is 0 Å². The highest BCUT2D eigenvalue weighted by Crippen LogP contribution is 2.46. The first-order valence-electron chi connectivity index (χ1n) is 5.74. The maximum absolute atomic E-state index is 5.60. The van der Waals surface area contributed by atoms with Crippen molar-refractivity contribution in [2.24, 2.45) is 17.7 Å². The number of aryl methyl sites for hydroxylation is 1. The maximum Gasteiger partial charge on any atom is 0.0538 e. The highest BCUT2D eigenvalue weighted by molar-refractivity contribution is 5.14. The number of nitrogens with one attached hydrogen (secondary N) is 1. The van der Waals surface area contributed by atoms with E-state index in [0.717, 1.165) is 18.9 Å². The van der Waals surface area contributed by atoms with Crippen LogP contribution in [0.15, 0.2) is 12.4 Å². The Morgan fingerprint density at radius 2 is 2.47 bits per heavy atom. The van der Waals surface area contributed by atoms with E-state index in [-0.39, 0.29) is 6.04 Å². The molecular weight excluding hydrogens is 188 g/mol. The first kappa shape index (κ1) is 10.6. The molecule has 0 aliphatic heterocycles. The zero-order valence-corrected chi connectivity index (χ0v) is 9.48. The number of aromatic nitrogens is 2. The van der Waals surface area contributed by atoms with Crippen LogP contribution in [0.4, 0.5) is 0 Å². The zero-order chi connectivity index (χ0) is 10.8. The summed E-state index contributed by atoms with van der Waals surface area (Å²) in [7, 11) is 0. The summed E-state index contributed by atoms with van der Waals surface area (Å²) in [4.78, 5) is 0. The number of nitrogens with two attached hydrogens (primary N) is 1. The first-order chi connectivity index (χ1) is 7.26. The number of hydrogen-bond acceptors (Lipinski definition) is 3. The molecule has 1 aliphatic carbocycles. The monoisotopic (exact) mass is 208 g/mol. The fraction of sp³-hybridized carbons (Fsp3) is 0.727. The van der Waals surface area contributed by atoms with Gasteiger partial charge in [-0.1, -0.05) is 13.8 Å². The van der Waals surface area contributed by atoms with E-state index in [4.69, 9.17) is 5.84 Å². The topological polar surface area (TPSA) is 55.9 Å². The minimum Gasteiger partial charge on any atom is -0.272 e. The van der Waals surface area contributed by atoms with E-state index in [9.17, 15) is 0 Å². The molecule has 1 aliphatic rings. The van der Waals surface area contributed by atoms with Gasteiger partial charge in [0.2, 0.25) is 0 Å². The van der Waals surface area contributed by atoms with Gasteiger partial charge in [0, 0.05) is 18.3 Å². The van der Waals surface area contributed by atoms with Crippen molar-refractivity contribution in [3.63, 3.8) is 0 Å². The van der Waals surface area contributed by atoms with Crippen LogP contribution in [-0.4, -0.2) is 9.78 Å². The number of hydrazine groups is 1. The van der Waals surface area contributed by atoms with Crippen LogP contribution in [0.5, 0.6) is 0 Å². The Bertz CT molecular complexity index is 320. The molecule has 84 valence electrons. The average molecular weight is 208 g/mol. The van der Waals surface area contributed by atoms with Crippen LogP contribution in [0.3, 0.4) is 0 Å². The predicted octanol–water partition coefficient (Wildman–Crippen LogP) is 1.45. The van der Waals surface area contributed by atoms with E-state index in [1.54, 1.807) is 0 Å². The molecule has 1 saturated carbocycles. The Balaban J connectivity index is 2.05. The molecule has 2 rings (SSSR count). The summed E-state index contributed by atoms with van der Waals surface area (Å²) >= 11 is 0. The lowest BCUT2D eigenvalue weighted by molar-refractivity contribution is 0.475. The van der Waals surface area contributed by atoms with E-state index < -0.39 is 0 Å². The molecule has 3 unspecified atom stereocenters. The molecule has 1 aromatic rings. The zero-order valence-electron chi connectivity index (χ0n) is 9.48. The molecule has 0 aromatic carbocycles. The first-order valence-corrected chi connectivity index (χ1v) is 5.74. The summed E-state index contributed by atoms with van der Waals surface area (Å²) in [6.45, 7) is 5.41. The van der Waals surface area contributed by atoms with Gasteiger partial charge >= 0.3 is 0 Å². The Hall–Kier alpha value is -0.870. The Labute approximate surface area is 90.8 Å². The fourth-order valence-corrected chi connectivity index (χ4v) is 2.17. The summed E-state index contributed by atoms with van der Waals surface area (Å²) in [5.74, 6) is 7.09. The van der Waals surface area contributed by atoms with Crippen molar-refractivity contribution in [1.82, 2.24) is 15.2 Å². The predicted molar refractivity (Wildman–Crippen MR) is 59.9 cm³/mol. The minimum absolute atomic E-state index is 0.283. The standard InChI is InChI=1S/C11H20N4/c1-3-4-15-7-9(6-13-15)11(14-12)10-5-8(10)2/h6-8,10-11,14H,3-5,12H2,1-2H3. The molecule has 3 atom stereocenters. The summed E-state index contributed by atoms with van der Waals surface area (Å²) in [6, 6.07) is 0.283. The molecular formula is C11H20N4. The van der Waals surface area contributed by atoms with Crippen molar-refractivity contribution in [2.75, 3.05) is 0 Å². The van der Waals surface area contributed by atoms with Gasteiger partial charge in [0.05, 0.1) is 12.2 Å². The van der Waals surface area contributed by atoms with Crippen LogP contribution < -0.4 is 11.3 Å². The summed E-state index contributed by atoms with van der Waals surface area (Å²) in [5.41, 5.74) is 4.14. The van der Waals surface area contributed by atoms with Crippen molar-refractivity contribution >= 4 is 0 Å². The SMILES string of the molecule is CCCn1cc(C(NN)C2CC2C)cn1. The van der Waals surface area contributed by atoms with Crippen LogP contribution in [0.2, 0.25) is 0 Å². The van der Waals surface area contributed by atoms with Gasteiger partial charge in [0.25, 0.3) is 0 Å².